The van der Waals surface area contributed by atoms with Crippen LogP contribution < -0.4 is 0 Å². The summed E-state index contributed by atoms with van der Waals surface area (Å²) in [7, 11) is 0. The van der Waals surface area contributed by atoms with Gasteiger partial charge in [-0.05, 0) is 19.1 Å². The number of aryl methyl sites for hydroxylation is 1. The zero-order valence-electron chi connectivity index (χ0n) is 10.7. The third-order valence-electron chi connectivity index (χ3n) is 3.53. The summed E-state index contributed by atoms with van der Waals surface area (Å²) >= 11 is 0. The summed E-state index contributed by atoms with van der Waals surface area (Å²) in [4.78, 5) is 4.16. The highest BCUT2D eigenvalue weighted by Crippen LogP contribution is 2.30. The summed E-state index contributed by atoms with van der Waals surface area (Å²) in [5, 5.41) is 11.0. The van der Waals surface area contributed by atoms with E-state index < -0.39 is 6.10 Å². The maximum Gasteiger partial charge on any atom is 0.132 e. The van der Waals surface area contributed by atoms with Gasteiger partial charge in [0.2, 0.25) is 0 Å². The van der Waals surface area contributed by atoms with E-state index in [1.54, 1.807) is 18.3 Å². The van der Waals surface area contributed by atoms with Crippen molar-refractivity contribution in [1.29, 1.82) is 0 Å². The van der Waals surface area contributed by atoms with Crippen molar-refractivity contribution < 1.29 is 9.50 Å². The van der Waals surface area contributed by atoms with Crippen LogP contribution in [0.4, 0.5) is 4.39 Å². The molecule has 1 atom stereocenters. The summed E-state index contributed by atoms with van der Waals surface area (Å²) in [6.45, 7) is 2.73. The quantitative estimate of drug-likeness (QED) is 0.902. The van der Waals surface area contributed by atoms with Crippen molar-refractivity contribution in [2.45, 2.75) is 26.0 Å². The van der Waals surface area contributed by atoms with Crippen LogP contribution in [0.5, 0.6) is 0 Å². The van der Waals surface area contributed by atoms with E-state index in [1.165, 1.54) is 6.07 Å². The number of fused-ring (bicyclic) bond motifs is 1. The SMILES string of the molecule is CCn1ccc2c(F)ccc(C(O)C3=NC=CC3)c21. The predicted octanol–water partition coefficient (Wildman–Crippen LogP) is 3.19. The molecule has 2 aromatic rings. The first-order chi connectivity index (χ1) is 9.22. The van der Waals surface area contributed by atoms with E-state index in [2.05, 4.69) is 4.99 Å². The number of hydrogen-bond donors (Lipinski definition) is 1. The number of aliphatic imine (C=N–C) groups is 1. The molecule has 1 aromatic heterocycles. The Morgan fingerprint density at radius 3 is 2.95 bits per heavy atom. The molecule has 3 nitrogen and oxygen atoms in total. The zero-order valence-corrected chi connectivity index (χ0v) is 10.7. The van der Waals surface area contributed by atoms with E-state index in [0.717, 1.165) is 12.1 Å². The Morgan fingerprint density at radius 2 is 2.26 bits per heavy atom. The summed E-state index contributed by atoms with van der Waals surface area (Å²) in [5.74, 6) is -0.260. The van der Waals surface area contributed by atoms with E-state index in [1.807, 2.05) is 23.8 Å². The normalized spacial score (nSPS) is 16.1. The highest BCUT2D eigenvalue weighted by atomic mass is 19.1. The fourth-order valence-electron chi connectivity index (χ4n) is 2.54. The first-order valence-corrected chi connectivity index (χ1v) is 6.39. The van der Waals surface area contributed by atoms with Crippen LogP contribution in [-0.4, -0.2) is 15.4 Å². The second-order valence-corrected chi connectivity index (χ2v) is 4.61. The second kappa shape index (κ2) is 4.63. The molecule has 3 rings (SSSR count). The number of rotatable bonds is 3. The summed E-state index contributed by atoms with van der Waals surface area (Å²) < 4.78 is 15.8. The van der Waals surface area contributed by atoms with Crippen molar-refractivity contribution in [2.24, 2.45) is 4.99 Å². The minimum absolute atomic E-state index is 0.260. The summed E-state index contributed by atoms with van der Waals surface area (Å²) in [6, 6.07) is 4.80. The second-order valence-electron chi connectivity index (χ2n) is 4.61. The minimum Gasteiger partial charge on any atom is -0.382 e. The Kier molecular flexibility index (Phi) is 2.95. The number of benzene rings is 1. The molecule has 1 N–H and O–H groups in total. The molecular formula is C15H15FN2O. The van der Waals surface area contributed by atoms with Crippen molar-refractivity contribution in [3.05, 3.63) is 48.1 Å². The molecule has 0 saturated heterocycles. The van der Waals surface area contributed by atoms with E-state index >= 15 is 0 Å². The predicted molar refractivity (Wildman–Crippen MR) is 73.7 cm³/mol. The lowest BCUT2D eigenvalue weighted by molar-refractivity contribution is 0.247. The van der Waals surface area contributed by atoms with Crippen LogP contribution in [0.1, 0.15) is 25.0 Å². The fourth-order valence-corrected chi connectivity index (χ4v) is 2.54. The Hall–Kier alpha value is -1.94. The van der Waals surface area contributed by atoms with Gasteiger partial charge < -0.3 is 9.67 Å². The molecule has 19 heavy (non-hydrogen) atoms. The lowest BCUT2D eigenvalue weighted by Crippen LogP contribution is -2.11. The molecule has 1 aromatic carbocycles. The Bertz CT molecular complexity index is 685. The number of nitrogens with zero attached hydrogens (tertiary/aromatic N) is 2. The van der Waals surface area contributed by atoms with Gasteiger partial charge in [-0.25, -0.2) is 4.39 Å². The van der Waals surface area contributed by atoms with Crippen LogP contribution in [0, 0.1) is 5.82 Å². The summed E-state index contributed by atoms with van der Waals surface area (Å²) in [5.41, 5.74) is 2.17. The molecule has 0 fully saturated rings. The molecule has 2 heterocycles. The summed E-state index contributed by atoms with van der Waals surface area (Å²) in [6.07, 6.45) is 5.31. The van der Waals surface area contributed by atoms with E-state index in [0.29, 0.717) is 23.1 Å². The van der Waals surface area contributed by atoms with E-state index in [-0.39, 0.29) is 5.82 Å². The molecule has 4 heteroatoms. The molecule has 0 aliphatic carbocycles. The monoisotopic (exact) mass is 258 g/mol. The van der Waals surface area contributed by atoms with Crippen LogP contribution in [0.2, 0.25) is 0 Å². The van der Waals surface area contributed by atoms with Crippen LogP contribution in [0.15, 0.2) is 41.7 Å². The maximum atomic E-state index is 13.8. The fraction of sp³-hybridized carbons (Fsp3) is 0.267. The standard InChI is InChI=1S/C15H15FN2O/c1-2-18-9-7-10-12(16)6-5-11(14(10)18)15(19)13-4-3-8-17-13/h3,5-9,15,19H,2,4H2,1H3. The molecule has 0 amide bonds. The average molecular weight is 258 g/mol. The lowest BCUT2D eigenvalue weighted by atomic mass is 10.0. The van der Waals surface area contributed by atoms with Gasteiger partial charge in [-0.3, -0.25) is 4.99 Å². The Balaban J connectivity index is 2.17. The molecule has 98 valence electrons. The van der Waals surface area contributed by atoms with Crippen molar-refractivity contribution >= 4 is 16.6 Å². The van der Waals surface area contributed by atoms with Crippen molar-refractivity contribution in [1.82, 2.24) is 4.57 Å². The zero-order chi connectivity index (χ0) is 13.4. The van der Waals surface area contributed by atoms with Crippen molar-refractivity contribution in [3.63, 3.8) is 0 Å². The van der Waals surface area contributed by atoms with Gasteiger partial charge in [0.05, 0.1) is 11.2 Å². The van der Waals surface area contributed by atoms with Crippen LogP contribution >= 0.6 is 0 Å². The Morgan fingerprint density at radius 1 is 1.42 bits per heavy atom. The lowest BCUT2D eigenvalue weighted by Gasteiger charge is -2.15. The third-order valence-corrected chi connectivity index (χ3v) is 3.53. The maximum absolute atomic E-state index is 13.8. The molecule has 1 unspecified atom stereocenters. The van der Waals surface area contributed by atoms with Gasteiger partial charge in [0.25, 0.3) is 0 Å². The van der Waals surface area contributed by atoms with Gasteiger partial charge >= 0.3 is 0 Å². The van der Waals surface area contributed by atoms with Gasteiger partial charge in [-0.2, -0.15) is 0 Å². The highest BCUT2D eigenvalue weighted by molar-refractivity contribution is 5.96. The van der Waals surface area contributed by atoms with E-state index in [9.17, 15) is 9.50 Å². The van der Waals surface area contributed by atoms with E-state index in [4.69, 9.17) is 0 Å². The molecule has 0 saturated carbocycles. The Labute approximate surface area is 110 Å². The molecule has 0 bridgehead atoms. The number of halogens is 1. The number of aromatic nitrogens is 1. The highest BCUT2D eigenvalue weighted by Gasteiger charge is 2.21. The van der Waals surface area contributed by atoms with Crippen LogP contribution in [0.25, 0.3) is 10.9 Å². The first-order valence-electron chi connectivity index (χ1n) is 6.39. The van der Waals surface area contributed by atoms with Gasteiger partial charge in [-0.1, -0.05) is 12.1 Å². The smallest absolute Gasteiger partial charge is 0.132 e. The van der Waals surface area contributed by atoms with Crippen molar-refractivity contribution in [3.8, 4) is 0 Å². The molecule has 1 aliphatic rings. The molecular weight excluding hydrogens is 243 g/mol. The van der Waals surface area contributed by atoms with Gasteiger partial charge in [-0.15, -0.1) is 0 Å². The topological polar surface area (TPSA) is 37.5 Å². The van der Waals surface area contributed by atoms with Gasteiger partial charge in [0.1, 0.15) is 11.9 Å². The number of aliphatic hydroxyl groups excluding tert-OH is 1. The average Bonchev–Trinajstić information content (AvgIpc) is 3.08. The number of aliphatic hydroxyl groups is 1. The minimum atomic E-state index is -0.779. The first kappa shape index (κ1) is 12.1. The molecule has 0 radical (unpaired) electrons. The van der Waals surface area contributed by atoms with Crippen LogP contribution in [0.3, 0.4) is 0 Å². The largest absolute Gasteiger partial charge is 0.382 e. The van der Waals surface area contributed by atoms with Gasteiger partial charge in [0, 0.05) is 36.3 Å². The molecule has 0 spiro atoms. The number of hydrogen-bond acceptors (Lipinski definition) is 2. The number of allylic oxidation sites excluding steroid dienone is 1. The third kappa shape index (κ3) is 1.88. The molecule has 1 aliphatic heterocycles. The van der Waals surface area contributed by atoms with Gasteiger partial charge in [0.15, 0.2) is 0 Å². The van der Waals surface area contributed by atoms with Crippen molar-refractivity contribution in [2.75, 3.05) is 0 Å². The van der Waals surface area contributed by atoms with Crippen LogP contribution in [-0.2, 0) is 6.54 Å².